The van der Waals surface area contributed by atoms with Crippen LogP contribution in [0.3, 0.4) is 0 Å². The second kappa shape index (κ2) is 4.86. The van der Waals surface area contributed by atoms with Crippen LogP contribution >= 0.6 is 11.3 Å². The highest BCUT2D eigenvalue weighted by Gasteiger charge is 2.11. The number of rotatable bonds is 3. The van der Waals surface area contributed by atoms with Crippen molar-refractivity contribution in [1.29, 1.82) is 0 Å². The minimum absolute atomic E-state index is 0.252. The van der Waals surface area contributed by atoms with Crippen LogP contribution in [-0.4, -0.2) is 14.5 Å². The Morgan fingerprint density at radius 2 is 2.10 bits per heavy atom. The molecule has 3 rings (SSSR count). The average molecular weight is 290 g/mol. The molecule has 104 valence electrons. The highest BCUT2D eigenvalue weighted by Crippen LogP contribution is 2.22. The summed E-state index contributed by atoms with van der Waals surface area (Å²) in [5, 5.41) is 3.10. The zero-order valence-electron chi connectivity index (χ0n) is 11.4. The van der Waals surface area contributed by atoms with Gasteiger partial charge in [-0.1, -0.05) is 0 Å². The maximum absolute atomic E-state index is 13.5. The summed E-state index contributed by atoms with van der Waals surface area (Å²) in [4.78, 5) is 8.65. The van der Waals surface area contributed by atoms with E-state index in [-0.39, 0.29) is 5.82 Å². The van der Waals surface area contributed by atoms with Crippen molar-refractivity contribution in [3.8, 4) is 0 Å². The van der Waals surface area contributed by atoms with E-state index in [0.29, 0.717) is 23.6 Å². The summed E-state index contributed by atoms with van der Waals surface area (Å²) in [6.45, 7) is 4.42. The third kappa shape index (κ3) is 2.27. The molecular weight excluding hydrogens is 275 g/mol. The topological polar surface area (TPSA) is 56.7 Å². The van der Waals surface area contributed by atoms with E-state index in [2.05, 4.69) is 9.97 Å². The Balaban J connectivity index is 1.94. The predicted octanol–water partition coefficient (Wildman–Crippen LogP) is 3.07. The molecule has 2 aromatic heterocycles. The van der Waals surface area contributed by atoms with Gasteiger partial charge in [0.05, 0.1) is 16.0 Å². The van der Waals surface area contributed by atoms with Crippen LogP contribution < -0.4 is 5.73 Å². The van der Waals surface area contributed by atoms with E-state index in [0.717, 1.165) is 22.6 Å². The molecule has 0 fully saturated rings. The fourth-order valence-electron chi connectivity index (χ4n) is 2.23. The lowest BCUT2D eigenvalue weighted by Gasteiger charge is -2.05. The Labute approximate surface area is 120 Å². The van der Waals surface area contributed by atoms with Gasteiger partial charge < -0.3 is 10.3 Å². The molecule has 0 aliphatic heterocycles. The molecule has 0 radical (unpaired) electrons. The molecule has 0 unspecified atom stereocenters. The molecule has 4 nitrogen and oxygen atoms in total. The summed E-state index contributed by atoms with van der Waals surface area (Å²) in [6.07, 6.45) is 0.796. The lowest BCUT2D eigenvalue weighted by molar-refractivity contribution is 0.620. The molecule has 0 saturated heterocycles. The molecule has 20 heavy (non-hydrogen) atoms. The number of nitrogens with two attached hydrogens (primary N) is 1. The van der Waals surface area contributed by atoms with Crippen molar-refractivity contribution >= 4 is 28.3 Å². The third-order valence-corrected chi connectivity index (χ3v) is 4.30. The number of anilines is 1. The molecule has 0 aliphatic carbocycles. The van der Waals surface area contributed by atoms with E-state index in [1.165, 1.54) is 6.07 Å². The normalized spacial score (nSPS) is 11.3. The summed E-state index contributed by atoms with van der Waals surface area (Å²) in [6, 6.07) is 3.23. The van der Waals surface area contributed by atoms with Gasteiger partial charge >= 0.3 is 0 Å². The molecule has 0 spiro atoms. The monoisotopic (exact) mass is 290 g/mol. The Bertz CT molecular complexity index is 775. The quantitative estimate of drug-likeness (QED) is 0.806. The van der Waals surface area contributed by atoms with Crippen LogP contribution in [0, 0.1) is 19.7 Å². The first-order chi connectivity index (χ1) is 9.54. The van der Waals surface area contributed by atoms with Crippen LogP contribution in [0.15, 0.2) is 17.5 Å². The Morgan fingerprint density at radius 1 is 1.30 bits per heavy atom. The first-order valence-corrected chi connectivity index (χ1v) is 7.25. The number of benzene rings is 1. The van der Waals surface area contributed by atoms with E-state index < -0.39 is 0 Å². The van der Waals surface area contributed by atoms with Gasteiger partial charge in [0.25, 0.3) is 0 Å². The zero-order valence-corrected chi connectivity index (χ0v) is 12.2. The van der Waals surface area contributed by atoms with Crippen molar-refractivity contribution in [2.24, 2.45) is 0 Å². The zero-order chi connectivity index (χ0) is 14.3. The fourth-order valence-corrected chi connectivity index (χ4v) is 2.99. The Morgan fingerprint density at radius 3 is 2.80 bits per heavy atom. The number of imidazole rings is 1. The molecule has 0 atom stereocenters. The van der Waals surface area contributed by atoms with Gasteiger partial charge in [-0.2, -0.15) is 0 Å². The molecular formula is C14H15FN4S. The van der Waals surface area contributed by atoms with Crippen molar-refractivity contribution in [1.82, 2.24) is 14.5 Å². The maximum atomic E-state index is 13.5. The van der Waals surface area contributed by atoms with Gasteiger partial charge in [-0.05, 0) is 25.5 Å². The highest BCUT2D eigenvalue weighted by molar-refractivity contribution is 7.09. The van der Waals surface area contributed by atoms with Crippen LogP contribution in [0.25, 0.3) is 11.0 Å². The van der Waals surface area contributed by atoms with Gasteiger partial charge in [0, 0.05) is 30.1 Å². The number of nitrogen functional groups attached to an aromatic ring is 1. The number of hydrogen-bond acceptors (Lipinski definition) is 4. The smallest absolute Gasteiger partial charge is 0.201 e. The van der Waals surface area contributed by atoms with Crippen LogP contribution in [0.2, 0.25) is 0 Å². The number of nitrogens with zero attached hydrogens (tertiary/aromatic N) is 3. The van der Waals surface area contributed by atoms with E-state index in [1.54, 1.807) is 24.3 Å². The molecule has 2 heterocycles. The number of hydrogen-bond donors (Lipinski definition) is 1. The molecule has 6 heteroatoms. The van der Waals surface area contributed by atoms with E-state index in [4.69, 9.17) is 5.73 Å². The maximum Gasteiger partial charge on any atom is 0.201 e. The number of aryl methyl sites for hydroxylation is 4. The highest BCUT2D eigenvalue weighted by atomic mass is 32.1. The number of thiazole rings is 1. The standard InChI is InChI=1S/C14H15FN4S/c1-8-5-12-11(6-10(8)15)18-14(16)19(12)4-3-13-17-9(2)7-20-13/h5-7H,3-4H2,1-2H3,(H2,16,18). The van der Waals surface area contributed by atoms with Crippen molar-refractivity contribution in [3.63, 3.8) is 0 Å². The van der Waals surface area contributed by atoms with Crippen LogP contribution in [0.5, 0.6) is 0 Å². The first kappa shape index (κ1) is 13.1. The van der Waals surface area contributed by atoms with Gasteiger partial charge in [0.1, 0.15) is 5.82 Å². The minimum Gasteiger partial charge on any atom is -0.369 e. The fraction of sp³-hybridized carbons (Fsp3) is 0.286. The molecule has 0 aliphatic rings. The van der Waals surface area contributed by atoms with E-state index in [1.807, 2.05) is 16.9 Å². The van der Waals surface area contributed by atoms with Gasteiger partial charge in [0.2, 0.25) is 5.95 Å². The van der Waals surface area contributed by atoms with E-state index >= 15 is 0 Å². The lowest BCUT2D eigenvalue weighted by Crippen LogP contribution is -2.05. The van der Waals surface area contributed by atoms with Gasteiger partial charge in [-0.3, -0.25) is 0 Å². The second-order valence-corrected chi connectivity index (χ2v) is 5.79. The second-order valence-electron chi connectivity index (χ2n) is 4.84. The van der Waals surface area contributed by atoms with Crippen molar-refractivity contribution in [3.05, 3.63) is 39.6 Å². The summed E-state index contributed by atoms with van der Waals surface area (Å²) < 4.78 is 15.5. The van der Waals surface area contributed by atoms with Crippen molar-refractivity contribution in [2.75, 3.05) is 5.73 Å². The van der Waals surface area contributed by atoms with E-state index in [9.17, 15) is 4.39 Å². The molecule has 3 aromatic rings. The van der Waals surface area contributed by atoms with Crippen molar-refractivity contribution in [2.45, 2.75) is 26.8 Å². The molecule has 0 amide bonds. The Kier molecular flexibility index (Phi) is 3.17. The molecule has 1 aromatic carbocycles. The number of fused-ring (bicyclic) bond motifs is 1. The summed E-state index contributed by atoms with van der Waals surface area (Å²) in [5.74, 6) is 0.163. The van der Waals surface area contributed by atoms with Crippen molar-refractivity contribution < 1.29 is 4.39 Å². The van der Waals surface area contributed by atoms with Gasteiger partial charge in [0.15, 0.2) is 0 Å². The first-order valence-electron chi connectivity index (χ1n) is 6.37. The number of halogens is 1. The number of aromatic nitrogens is 3. The summed E-state index contributed by atoms with van der Waals surface area (Å²) >= 11 is 1.64. The van der Waals surface area contributed by atoms with Gasteiger partial charge in [-0.15, -0.1) is 11.3 Å². The van der Waals surface area contributed by atoms with Gasteiger partial charge in [-0.25, -0.2) is 14.4 Å². The van der Waals surface area contributed by atoms with Crippen LogP contribution in [0.1, 0.15) is 16.3 Å². The average Bonchev–Trinajstić information content (AvgIpc) is 2.92. The Hall–Kier alpha value is -1.95. The summed E-state index contributed by atoms with van der Waals surface area (Å²) in [5.41, 5.74) is 9.04. The minimum atomic E-state index is -0.252. The molecule has 2 N–H and O–H groups in total. The molecule has 0 saturated carbocycles. The lowest BCUT2D eigenvalue weighted by atomic mass is 10.2. The predicted molar refractivity (Wildman–Crippen MR) is 79.4 cm³/mol. The largest absolute Gasteiger partial charge is 0.369 e. The summed E-state index contributed by atoms with van der Waals surface area (Å²) in [7, 11) is 0. The van der Waals surface area contributed by atoms with Crippen LogP contribution in [0.4, 0.5) is 10.3 Å². The van der Waals surface area contributed by atoms with Crippen LogP contribution in [-0.2, 0) is 13.0 Å². The molecule has 0 bridgehead atoms. The third-order valence-electron chi connectivity index (χ3n) is 3.27. The SMILES string of the molecule is Cc1csc(CCn2c(N)nc3cc(F)c(C)cc32)n1.